The van der Waals surface area contributed by atoms with Crippen molar-refractivity contribution in [2.24, 2.45) is 5.92 Å². The maximum absolute atomic E-state index is 12.0. The number of piperidine rings is 1. The van der Waals surface area contributed by atoms with Gasteiger partial charge in [-0.2, -0.15) is 0 Å². The Morgan fingerprint density at radius 2 is 2.24 bits per heavy atom. The Morgan fingerprint density at radius 1 is 1.53 bits per heavy atom. The van der Waals surface area contributed by atoms with Crippen LogP contribution < -0.4 is 10.6 Å². The van der Waals surface area contributed by atoms with E-state index in [2.05, 4.69) is 22.3 Å². The van der Waals surface area contributed by atoms with Crippen molar-refractivity contribution >= 4 is 11.9 Å². The average molecular weight is 242 g/mol. The number of carbonyl (C=O) groups is 2. The number of nitrogens with one attached hydrogen (secondary N) is 2. The van der Waals surface area contributed by atoms with Crippen molar-refractivity contribution < 1.29 is 14.3 Å². The Morgan fingerprint density at radius 3 is 2.76 bits per heavy atom. The van der Waals surface area contributed by atoms with Crippen LogP contribution in [0.25, 0.3) is 0 Å². The highest BCUT2D eigenvalue weighted by Gasteiger charge is 2.28. The van der Waals surface area contributed by atoms with Gasteiger partial charge in [0.1, 0.15) is 6.04 Å². The molecule has 1 amide bonds. The fraction of sp³-hybridized carbons (Fsp3) is 0.833. The first-order chi connectivity index (χ1) is 8.08. The van der Waals surface area contributed by atoms with Crippen molar-refractivity contribution in [1.29, 1.82) is 0 Å². The summed E-state index contributed by atoms with van der Waals surface area (Å²) in [5.74, 6) is -0.400. The Bertz CT molecular complexity index is 281. The second-order valence-corrected chi connectivity index (χ2v) is 4.57. The molecule has 2 N–H and O–H groups in total. The maximum atomic E-state index is 12.0. The van der Waals surface area contributed by atoms with E-state index in [0.29, 0.717) is 12.5 Å². The molecular weight excluding hydrogens is 220 g/mol. The molecule has 0 aromatic rings. The van der Waals surface area contributed by atoms with Gasteiger partial charge in [0, 0.05) is 12.0 Å². The van der Waals surface area contributed by atoms with Crippen molar-refractivity contribution in [3.8, 4) is 0 Å². The predicted molar refractivity (Wildman–Crippen MR) is 64.4 cm³/mol. The van der Waals surface area contributed by atoms with E-state index in [0.717, 1.165) is 19.4 Å². The van der Waals surface area contributed by atoms with Crippen LogP contribution in [0.5, 0.6) is 0 Å². The molecular formula is C12H22N2O3. The first kappa shape index (κ1) is 14.0. The fourth-order valence-corrected chi connectivity index (χ4v) is 2.13. The minimum Gasteiger partial charge on any atom is -0.467 e. The molecule has 3 atom stereocenters. The van der Waals surface area contributed by atoms with Crippen molar-refractivity contribution in [1.82, 2.24) is 10.6 Å². The van der Waals surface area contributed by atoms with E-state index in [1.54, 1.807) is 0 Å². The highest BCUT2D eigenvalue weighted by Crippen LogP contribution is 2.16. The maximum Gasteiger partial charge on any atom is 0.328 e. The van der Waals surface area contributed by atoms with Crippen LogP contribution in [0.1, 0.15) is 33.1 Å². The molecule has 0 spiro atoms. The van der Waals surface area contributed by atoms with Crippen molar-refractivity contribution in [2.75, 3.05) is 13.7 Å². The summed E-state index contributed by atoms with van der Waals surface area (Å²) in [5, 5.41) is 6.06. The lowest BCUT2D eigenvalue weighted by molar-refractivity contribution is -0.145. The Labute approximate surface area is 102 Å². The zero-order chi connectivity index (χ0) is 12.8. The molecule has 17 heavy (non-hydrogen) atoms. The smallest absolute Gasteiger partial charge is 0.328 e. The van der Waals surface area contributed by atoms with Crippen LogP contribution in [0.3, 0.4) is 0 Å². The molecule has 98 valence electrons. The summed E-state index contributed by atoms with van der Waals surface area (Å²) < 4.78 is 4.65. The van der Waals surface area contributed by atoms with E-state index < -0.39 is 6.04 Å². The molecule has 5 nitrogen and oxygen atoms in total. The van der Waals surface area contributed by atoms with Gasteiger partial charge in [0.05, 0.1) is 7.11 Å². The topological polar surface area (TPSA) is 67.4 Å². The molecule has 0 saturated carbocycles. The van der Waals surface area contributed by atoms with Gasteiger partial charge in [-0.05, 0) is 32.7 Å². The Balaban J connectivity index is 2.49. The molecule has 5 heteroatoms. The molecule has 1 rings (SSSR count). The summed E-state index contributed by atoms with van der Waals surface area (Å²) >= 11 is 0. The molecule has 0 bridgehead atoms. The largest absolute Gasteiger partial charge is 0.467 e. The van der Waals surface area contributed by atoms with Gasteiger partial charge in [-0.3, -0.25) is 4.79 Å². The van der Waals surface area contributed by atoms with Crippen LogP contribution in [0.4, 0.5) is 0 Å². The van der Waals surface area contributed by atoms with Gasteiger partial charge >= 0.3 is 5.97 Å². The fourth-order valence-electron chi connectivity index (χ4n) is 2.13. The lowest BCUT2D eigenvalue weighted by Crippen LogP contribution is -2.47. The van der Waals surface area contributed by atoms with Gasteiger partial charge in [0.25, 0.3) is 0 Å². The monoisotopic (exact) mass is 242 g/mol. The van der Waals surface area contributed by atoms with Crippen molar-refractivity contribution in [3.63, 3.8) is 0 Å². The lowest BCUT2D eigenvalue weighted by Gasteiger charge is -2.28. The number of esters is 1. The summed E-state index contributed by atoms with van der Waals surface area (Å²) in [7, 11) is 1.34. The summed E-state index contributed by atoms with van der Waals surface area (Å²) in [6, 6.07) is -0.157. The molecule has 1 fully saturated rings. The van der Waals surface area contributed by atoms with E-state index in [1.807, 2.05) is 6.92 Å². The summed E-state index contributed by atoms with van der Waals surface area (Å²) in [6.07, 6.45) is 2.20. The number of hydrogen-bond acceptors (Lipinski definition) is 4. The highest BCUT2D eigenvalue weighted by molar-refractivity contribution is 5.85. The van der Waals surface area contributed by atoms with Crippen LogP contribution in [-0.2, 0) is 14.3 Å². The molecule has 1 aliphatic rings. The summed E-state index contributed by atoms with van der Waals surface area (Å²) in [4.78, 5) is 23.4. The number of ether oxygens (including phenoxy) is 1. The van der Waals surface area contributed by atoms with Gasteiger partial charge in [-0.1, -0.05) is 6.92 Å². The first-order valence-corrected chi connectivity index (χ1v) is 6.20. The van der Waals surface area contributed by atoms with Gasteiger partial charge in [0.15, 0.2) is 0 Å². The molecule has 0 aliphatic carbocycles. The van der Waals surface area contributed by atoms with Gasteiger partial charge < -0.3 is 15.4 Å². The average Bonchev–Trinajstić information content (AvgIpc) is 2.34. The zero-order valence-electron chi connectivity index (χ0n) is 10.8. The lowest BCUT2D eigenvalue weighted by atomic mass is 9.92. The van der Waals surface area contributed by atoms with Crippen LogP contribution in [0, 0.1) is 5.92 Å². The SMILES string of the molecule is CCC(NC(=O)[C@H]1CCN[C@@H](C)C1)C(=O)OC. The van der Waals surface area contributed by atoms with Crippen LogP contribution >= 0.6 is 0 Å². The second-order valence-electron chi connectivity index (χ2n) is 4.57. The minimum atomic E-state index is -0.516. The summed E-state index contributed by atoms with van der Waals surface area (Å²) in [6.45, 7) is 4.78. The molecule has 0 radical (unpaired) electrons. The minimum absolute atomic E-state index is 0.00459. The van der Waals surface area contributed by atoms with E-state index in [-0.39, 0.29) is 17.8 Å². The third-order valence-corrected chi connectivity index (χ3v) is 3.20. The first-order valence-electron chi connectivity index (χ1n) is 6.20. The standard InChI is InChI=1S/C12H22N2O3/c1-4-10(12(16)17-3)14-11(15)9-5-6-13-8(2)7-9/h8-10,13H,4-7H2,1-3H3,(H,14,15)/t8-,9-,10?/m0/s1. The molecule has 0 aromatic heterocycles. The third-order valence-electron chi connectivity index (χ3n) is 3.20. The quantitative estimate of drug-likeness (QED) is 0.702. The van der Waals surface area contributed by atoms with Crippen molar-refractivity contribution in [3.05, 3.63) is 0 Å². The Kier molecular flexibility index (Phi) is 5.41. The summed E-state index contributed by atoms with van der Waals surface area (Å²) in [5.41, 5.74) is 0. The van der Waals surface area contributed by atoms with Crippen LogP contribution in [0.15, 0.2) is 0 Å². The molecule has 1 aliphatic heterocycles. The van der Waals surface area contributed by atoms with Crippen LogP contribution in [-0.4, -0.2) is 37.6 Å². The number of amides is 1. The van der Waals surface area contributed by atoms with Crippen molar-refractivity contribution in [2.45, 2.75) is 45.2 Å². The van der Waals surface area contributed by atoms with Gasteiger partial charge in [-0.15, -0.1) is 0 Å². The van der Waals surface area contributed by atoms with E-state index >= 15 is 0 Å². The Hall–Kier alpha value is -1.10. The van der Waals surface area contributed by atoms with Gasteiger partial charge in [-0.25, -0.2) is 4.79 Å². The number of hydrogen-bond donors (Lipinski definition) is 2. The van der Waals surface area contributed by atoms with E-state index in [1.165, 1.54) is 7.11 Å². The molecule has 1 saturated heterocycles. The van der Waals surface area contributed by atoms with E-state index in [9.17, 15) is 9.59 Å². The second kappa shape index (κ2) is 6.59. The number of methoxy groups -OCH3 is 1. The molecule has 1 heterocycles. The van der Waals surface area contributed by atoms with Gasteiger partial charge in [0.2, 0.25) is 5.91 Å². The number of carbonyl (C=O) groups excluding carboxylic acids is 2. The highest BCUT2D eigenvalue weighted by atomic mass is 16.5. The van der Waals surface area contributed by atoms with E-state index in [4.69, 9.17) is 0 Å². The molecule has 0 aromatic carbocycles. The number of rotatable bonds is 4. The molecule has 1 unspecified atom stereocenters. The zero-order valence-corrected chi connectivity index (χ0v) is 10.8. The third kappa shape index (κ3) is 4.00. The predicted octanol–water partition coefficient (Wildman–Crippen LogP) is 0.442. The van der Waals surface area contributed by atoms with Crippen LogP contribution in [0.2, 0.25) is 0 Å². The normalized spacial score (nSPS) is 26.1.